The van der Waals surface area contributed by atoms with Crippen LogP contribution in [-0.2, 0) is 9.53 Å². The van der Waals surface area contributed by atoms with Crippen LogP contribution in [-0.4, -0.2) is 27.2 Å². The fraction of sp³-hybridized carbons (Fsp3) is 0.565. The van der Waals surface area contributed by atoms with Crippen molar-refractivity contribution in [2.45, 2.75) is 71.0 Å². The van der Waals surface area contributed by atoms with Crippen LogP contribution in [0.15, 0.2) is 28.8 Å². The standard InChI is InChI=1S/C23H33BrO4Si/c1-12(2)19-20-17(22(25)21(19)23(26)27-9)10-16(11-18(20)24)28-29(13(3)4,14(5)6)15(7)8/h10-11,13-15,19,21H,1H2,2-9H3/t19-,21+/m0/s1. The zero-order chi connectivity index (χ0) is 22.3. The smallest absolute Gasteiger partial charge is 0.317 e. The number of allylic oxidation sites excluding steroid dienone is 1. The Bertz CT molecular complexity index is 807. The predicted octanol–water partition coefficient (Wildman–Crippen LogP) is 6.65. The summed E-state index contributed by atoms with van der Waals surface area (Å²) in [6, 6.07) is 3.76. The van der Waals surface area contributed by atoms with E-state index in [-0.39, 0.29) is 5.78 Å². The molecule has 0 bridgehead atoms. The average Bonchev–Trinajstić information content (AvgIpc) is 2.91. The molecule has 1 aromatic carbocycles. The van der Waals surface area contributed by atoms with Gasteiger partial charge >= 0.3 is 5.97 Å². The fourth-order valence-electron chi connectivity index (χ4n) is 5.12. The molecule has 0 spiro atoms. The molecule has 2 rings (SSSR count). The van der Waals surface area contributed by atoms with E-state index in [0.717, 1.165) is 15.6 Å². The molecular formula is C23H33BrO4Si. The third kappa shape index (κ3) is 3.98. The summed E-state index contributed by atoms with van der Waals surface area (Å²) in [5, 5.41) is 0. The van der Waals surface area contributed by atoms with E-state index in [2.05, 4.69) is 64.1 Å². The Hall–Kier alpha value is -1.40. The van der Waals surface area contributed by atoms with E-state index in [1.54, 1.807) is 0 Å². The van der Waals surface area contributed by atoms with Gasteiger partial charge in [-0.25, -0.2) is 0 Å². The van der Waals surface area contributed by atoms with Crippen molar-refractivity contribution in [3.05, 3.63) is 39.9 Å². The Balaban J connectivity index is 2.62. The number of ketones is 1. The summed E-state index contributed by atoms with van der Waals surface area (Å²) < 4.78 is 12.5. The number of methoxy groups -OCH3 is 1. The van der Waals surface area contributed by atoms with Crippen LogP contribution >= 0.6 is 15.9 Å². The molecule has 2 atom stereocenters. The van der Waals surface area contributed by atoms with Crippen molar-refractivity contribution in [1.82, 2.24) is 0 Å². The number of halogens is 1. The lowest BCUT2D eigenvalue weighted by Gasteiger charge is -2.42. The summed E-state index contributed by atoms with van der Waals surface area (Å²) in [7, 11) is -0.861. The SMILES string of the molecule is C=C(C)[C@H]1c2c(Br)cc(O[Si](C(C)C)(C(C)C)C(C)C)cc2C(=O)[C@@H]1C(=O)OC. The summed E-state index contributed by atoms with van der Waals surface area (Å²) in [6.45, 7) is 19.2. The molecule has 0 amide bonds. The molecule has 1 aliphatic carbocycles. The molecule has 1 aromatic rings. The molecule has 160 valence electrons. The number of carbonyl (C=O) groups is 2. The van der Waals surface area contributed by atoms with Gasteiger partial charge < -0.3 is 9.16 Å². The molecule has 0 heterocycles. The number of fused-ring (bicyclic) bond motifs is 1. The minimum Gasteiger partial charge on any atom is -0.543 e. The highest BCUT2D eigenvalue weighted by molar-refractivity contribution is 9.10. The normalized spacial score (nSPS) is 19.1. The number of benzene rings is 1. The van der Waals surface area contributed by atoms with E-state index in [9.17, 15) is 9.59 Å². The topological polar surface area (TPSA) is 52.6 Å². The Kier molecular flexibility index (Phi) is 7.21. The highest BCUT2D eigenvalue weighted by atomic mass is 79.9. The molecule has 0 radical (unpaired) electrons. The van der Waals surface area contributed by atoms with Crippen LogP contribution in [0.1, 0.15) is 70.3 Å². The first-order valence-corrected chi connectivity index (χ1v) is 13.1. The molecule has 0 fully saturated rings. The number of hydrogen-bond acceptors (Lipinski definition) is 4. The van der Waals surface area contributed by atoms with E-state index in [0.29, 0.717) is 27.9 Å². The first-order chi connectivity index (χ1) is 13.4. The molecule has 6 heteroatoms. The average molecular weight is 482 g/mol. The van der Waals surface area contributed by atoms with E-state index in [1.165, 1.54) is 7.11 Å². The van der Waals surface area contributed by atoms with Crippen LogP contribution in [0.2, 0.25) is 16.6 Å². The lowest BCUT2D eigenvalue weighted by atomic mass is 9.87. The summed E-state index contributed by atoms with van der Waals surface area (Å²) in [4.78, 5) is 25.6. The van der Waals surface area contributed by atoms with Crippen molar-refractivity contribution in [3.63, 3.8) is 0 Å². The molecule has 1 aliphatic rings. The van der Waals surface area contributed by atoms with Crippen LogP contribution in [0.5, 0.6) is 5.75 Å². The van der Waals surface area contributed by atoms with E-state index < -0.39 is 26.1 Å². The van der Waals surface area contributed by atoms with Gasteiger partial charge in [-0.05, 0) is 41.2 Å². The highest BCUT2D eigenvalue weighted by Crippen LogP contribution is 2.49. The second kappa shape index (κ2) is 8.76. The van der Waals surface area contributed by atoms with Gasteiger partial charge in [0.1, 0.15) is 11.7 Å². The minimum absolute atomic E-state index is 0.225. The van der Waals surface area contributed by atoms with Crippen LogP contribution in [0.25, 0.3) is 0 Å². The lowest BCUT2D eigenvalue weighted by molar-refractivity contribution is -0.143. The summed E-state index contributed by atoms with van der Waals surface area (Å²) in [6.07, 6.45) is 0. The Morgan fingerprint density at radius 3 is 2.00 bits per heavy atom. The van der Waals surface area contributed by atoms with Gasteiger partial charge in [0.15, 0.2) is 5.78 Å². The molecule has 29 heavy (non-hydrogen) atoms. The number of ether oxygens (including phenoxy) is 1. The third-order valence-corrected chi connectivity index (χ3v) is 12.9. The number of Topliss-reactive ketones (excluding diaryl/α,β-unsaturated/α-hetero) is 1. The van der Waals surface area contributed by atoms with Crippen LogP contribution < -0.4 is 4.43 Å². The molecule has 4 nitrogen and oxygen atoms in total. The van der Waals surface area contributed by atoms with Crippen LogP contribution in [0, 0.1) is 5.92 Å². The van der Waals surface area contributed by atoms with Gasteiger partial charge in [0.05, 0.1) is 7.11 Å². The van der Waals surface area contributed by atoms with Crippen molar-refractivity contribution in [3.8, 4) is 5.75 Å². The second-order valence-electron chi connectivity index (χ2n) is 8.98. The molecule has 0 N–H and O–H groups in total. The zero-order valence-electron chi connectivity index (χ0n) is 18.8. The molecule has 0 saturated carbocycles. The number of carbonyl (C=O) groups excluding carboxylic acids is 2. The Labute approximate surface area is 184 Å². The second-order valence-corrected chi connectivity index (χ2v) is 15.2. The third-order valence-electron chi connectivity index (χ3n) is 6.28. The van der Waals surface area contributed by atoms with Crippen LogP contribution in [0.3, 0.4) is 0 Å². The van der Waals surface area contributed by atoms with Crippen molar-refractivity contribution in [2.24, 2.45) is 5.92 Å². The Morgan fingerprint density at radius 2 is 1.59 bits per heavy atom. The largest absolute Gasteiger partial charge is 0.543 e. The lowest BCUT2D eigenvalue weighted by Crippen LogP contribution is -2.50. The van der Waals surface area contributed by atoms with Crippen molar-refractivity contribution in [2.75, 3.05) is 7.11 Å². The fourth-order valence-corrected chi connectivity index (χ4v) is 11.0. The van der Waals surface area contributed by atoms with Crippen molar-refractivity contribution in [1.29, 1.82) is 0 Å². The van der Waals surface area contributed by atoms with E-state index in [4.69, 9.17) is 9.16 Å². The predicted molar refractivity (Wildman–Crippen MR) is 123 cm³/mol. The van der Waals surface area contributed by atoms with Gasteiger partial charge in [-0.1, -0.05) is 69.6 Å². The van der Waals surface area contributed by atoms with Gasteiger partial charge in [0, 0.05) is 16.0 Å². The van der Waals surface area contributed by atoms with E-state index >= 15 is 0 Å². The quantitative estimate of drug-likeness (QED) is 0.189. The Morgan fingerprint density at radius 1 is 1.07 bits per heavy atom. The van der Waals surface area contributed by atoms with Gasteiger partial charge in [0.2, 0.25) is 0 Å². The van der Waals surface area contributed by atoms with Gasteiger partial charge in [-0.15, -0.1) is 0 Å². The highest BCUT2D eigenvalue weighted by Gasteiger charge is 2.49. The van der Waals surface area contributed by atoms with Crippen molar-refractivity contribution < 1.29 is 18.8 Å². The molecule has 0 aliphatic heterocycles. The molecule has 0 saturated heterocycles. The first-order valence-electron chi connectivity index (χ1n) is 10.2. The summed E-state index contributed by atoms with van der Waals surface area (Å²) in [5.74, 6) is -1.34. The maximum absolute atomic E-state index is 13.2. The number of hydrogen-bond donors (Lipinski definition) is 0. The van der Waals surface area contributed by atoms with E-state index in [1.807, 2.05) is 19.1 Å². The maximum atomic E-state index is 13.2. The first kappa shape index (κ1) is 23.9. The summed E-state index contributed by atoms with van der Waals surface area (Å²) in [5.41, 5.74) is 3.33. The summed E-state index contributed by atoms with van der Waals surface area (Å²) >= 11 is 3.64. The maximum Gasteiger partial charge on any atom is 0.317 e. The zero-order valence-corrected chi connectivity index (χ0v) is 21.3. The van der Waals surface area contributed by atoms with Gasteiger partial charge in [-0.2, -0.15) is 0 Å². The van der Waals surface area contributed by atoms with Crippen molar-refractivity contribution >= 4 is 36.0 Å². The molecule has 0 aromatic heterocycles. The number of rotatable bonds is 7. The van der Waals surface area contributed by atoms with Gasteiger partial charge in [0.25, 0.3) is 8.32 Å². The van der Waals surface area contributed by atoms with Crippen LogP contribution in [0.4, 0.5) is 0 Å². The molecular weight excluding hydrogens is 448 g/mol. The minimum atomic E-state index is -2.17. The number of esters is 1. The monoisotopic (exact) mass is 480 g/mol. The van der Waals surface area contributed by atoms with Gasteiger partial charge in [-0.3, -0.25) is 9.59 Å². The molecule has 0 unspecified atom stereocenters.